The lowest BCUT2D eigenvalue weighted by Gasteiger charge is -2.14. The number of nitrogens with one attached hydrogen (secondary N) is 1. The van der Waals surface area contributed by atoms with Gasteiger partial charge in [0.25, 0.3) is 0 Å². The Morgan fingerprint density at radius 1 is 1.67 bits per heavy atom. The van der Waals surface area contributed by atoms with Crippen LogP contribution in [0.1, 0.15) is 20.3 Å². The van der Waals surface area contributed by atoms with Crippen molar-refractivity contribution in [3.63, 3.8) is 0 Å². The molecule has 0 aliphatic carbocycles. The highest BCUT2D eigenvalue weighted by molar-refractivity contribution is 4.73. The van der Waals surface area contributed by atoms with E-state index < -0.39 is 0 Å². The molecule has 1 heterocycles. The first-order valence-electron chi connectivity index (χ1n) is 4.77. The third-order valence-electron chi connectivity index (χ3n) is 2.39. The molecule has 72 valence electrons. The molecule has 0 spiro atoms. The summed E-state index contributed by atoms with van der Waals surface area (Å²) in [6.45, 7) is 6.91. The zero-order valence-electron chi connectivity index (χ0n) is 8.05. The van der Waals surface area contributed by atoms with Gasteiger partial charge in [0.05, 0.1) is 12.7 Å². The molecule has 1 fully saturated rings. The van der Waals surface area contributed by atoms with Gasteiger partial charge in [0.15, 0.2) is 0 Å². The van der Waals surface area contributed by atoms with Crippen molar-refractivity contribution in [3.05, 3.63) is 0 Å². The van der Waals surface area contributed by atoms with Crippen molar-refractivity contribution < 1.29 is 4.74 Å². The Balaban J connectivity index is 2.07. The summed E-state index contributed by atoms with van der Waals surface area (Å²) in [5.74, 6) is 0.689. The molecule has 3 nitrogen and oxygen atoms in total. The largest absolute Gasteiger partial charge is 0.378 e. The lowest BCUT2D eigenvalue weighted by Crippen LogP contribution is -2.36. The monoisotopic (exact) mass is 172 g/mol. The van der Waals surface area contributed by atoms with Crippen molar-refractivity contribution in [2.75, 3.05) is 19.7 Å². The molecule has 0 amide bonds. The van der Waals surface area contributed by atoms with E-state index in [9.17, 15) is 0 Å². The van der Waals surface area contributed by atoms with Crippen LogP contribution in [0.3, 0.4) is 0 Å². The molecule has 0 radical (unpaired) electrons. The first-order chi connectivity index (χ1) is 5.72. The predicted octanol–water partition coefficient (Wildman–Crippen LogP) is 0.348. The summed E-state index contributed by atoms with van der Waals surface area (Å²) in [6.07, 6.45) is 1.63. The fourth-order valence-corrected chi connectivity index (χ4v) is 1.50. The van der Waals surface area contributed by atoms with Crippen LogP contribution in [0.4, 0.5) is 0 Å². The van der Waals surface area contributed by atoms with E-state index in [2.05, 4.69) is 19.2 Å². The van der Waals surface area contributed by atoms with Gasteiger partial charge >= 0.3 is 0 Å². The van der Waals surface area contributed by atoms with Crippen LogP contribution in [0.5, 0.6) is 0 Å². The maximum absolute atomic E-state index is 5.49. The molecule has 12 heavy (non-hydrogen) atoms. The fraction of sp³-hybridized carbons (Fsp3) is 1.00. The Labute approximate surface area is 74.7 Å². The second-order valence-electron chi connectivity index (χ2n) is 3.79. The Morgan fingerprint density at radius 3 is 2.92 bits per heavy atom. The number of ether oxygens (including phenoxy) is 1. The van der Waals surface area contributed by atoms with Gasteiger partial charge in [0.1, 0.15) is 0 Å². The highest BCUT2D eigenvalue weighted by Crippen LogP contribution is 2.17. The van der Waals surface area contributed by atoms with Crippen LogP contribution in [0, 0.1) is 5.92 Å². The number of nitrogens with two attached hydrogens (primary N) is 1. The molecular weight excluding hydrogens is 152 g/mol. The van der Waals surface area contributed by atoms with Crippen molar-refractivity contribution in [3.8, 4) is 0 Å². The van der Waals surface area contributed by atoms with Crippen molar-refractivity contribution in [1.82, 2.24) is 5.32 Å². The van der Waals surface area contributed by atoms with Gasteiger partial charge in [0.2, 0.25) is 0 Å². The molecule has 3 atom stereocenters. The van der Waals surface area contributed by atoms with Crippen LogP contribution < -0.4 is 11.1 Å². The van der Waals surface area contributed by atoms with Crippen LogP contribution in [0.15, 0.2) is 0 Å². The first-order valence-corrected chi connectivity index (χ1v) is 4.77. The molecule has 1 aliphatic heterocycles. The topological polar surface area (TPSA) is 47.3 Å². The highest BCUT2D eigenvalue weighted by Gasteiger charge is 2.21. The zero-order valence-corrected chi connectivity index (χ0v) is 8.05. The molecule has 3 N–H and O–H groups in total. The molecule has 1 rings (SSSR count). The number of rotatable bonds is 4. The number of hydrogen-bond donors (Lipinski definition) is 2. The van der Waals surface area contributed by atoms with Gasteiger partial charge in [-0.05, 0) is 26.2 Å². The smallest absolute Gasteiger partial charge is 0.0551 e. The van der Waals surface area contributed by atoms with Crippen LogP contribution in [-0.4, -0.2) is 31.8 Å². The SMILES string of the molecule is CC1CC(CN[C@H](C)CN)CO1. The van der Waals surface area contributed by atoms with E-state index in [0.29, 0.717) is 24.6 Å². The zero-order chi connectivity index (χ0) is 8.97. The molecule has 2 unspecified atom stereocenters. The molecule has 1 saturated heterocycles. The molecule has 0 aromatic carbocycles. The van der Waals surface area contributed by atoms with E-state index in [1.54, 1.807) is 0 Å². The Morgan fingerprint density at radius 2 is 2.42 bits per heavy atom. The minimum absolute atomic E-state index is 0.431. The van der Waals surface area contributed by atoms with E-state index in [1.807, 2.05) is 0 Å². The Bertz CT molecular complexity index is 130. The minimum Gasteiger partial charge on any atom is -0.378 e. The lowest BCUT2D eigenvalue weighted by molar-refractivity contribution is 0.120. The van der Waals surface area contributed by atoms with E-state index in [0.717, 1.165) is 13.2 Å². The average molecular weight is 172 g/mol. The summed E-state index contributed by atoms with van der Waals surface area (Å²) in [4.78, 5) is 0. The van der Waals surface area contributed by atoms with Gasteiger partial charge in [-0.2, -0.15) is 0 Å². The standard InChI is InChI=1S/C9H20N2O/c1-7(4-10)11-5-9-3-8(2)12-6-9/h7-9,11H,3-6,10H2,1-2H3/t7-,8?,9?/m1/s1. The molecule has 0 bridgehead atoms. The van der Waals surface area contributed by atoms with E-state index in [1.165, 1.54) is 6.42 Å². The molecule has 0 aromatic rings. The Hall–Kier alpha value is -0.120. The second kappa shape index (κ2) is 4.80. The van der Waals surface area contributed by atoms with Gasteiger partial charge in [-0.15, -0.1) is 0 Å². The summed E-state index contributed by atoms with van der Waals surface area (Å²) in [6, 6.07) is 0.431. The third-order valence-corrected chi connectivity index (χ3v) is 2.39. The summed E-state index contributed by atoms with van der Waals surface area (Å²) in [5, 5.41) is 3.39. The van der Waals surface area contributed by atoms with Crippen LogP contribution in [-0.2, 0) is 4.74 Å². The van der Waals surface area contributed by atoms with Crippen LogP contribution >= 0.6 is 0 Å². The normalized spacial score (nSPS) is 32.2. The van der Waals surface area contributed by atoms with Gasteiger partial charge in [-0.25, -0.2) is 0 Å². The van der Waals surface area contributed by atoms with Crippen molar-refractivity contribution in [2.24, 2.45) is 11.7 Å². The number of hydrogen-bond acceptors (Lipinski definition) is 3. The highest BCUT2D eigenvalue weighted by atomic mass is 16.5. The van der Waals surface area contributed by atoms with Crippen molar-refractivity contribution in [2.45, 2.75) is 32.4 Å². The van der Waals surface area contributed by atoms with E-state index >= 15 is 0 Å². The fourth-order valence-electron chi connectivity index (χ4n) is 1.50. The summed E-state index contributed by atoms with van der Waals surface area (Å²) >= 11 is 0. The van der Waals surface area contributed by atoms with E-state index in [-0.39, 0.29) is 0 Å². The summed E-state index contributed by atoms with van der Waals surface area (Å²) < 4.78 is 5.46. The first kappa shape index (κ1) is 9.96. The maximum Gasteiger partial charge on any atom is 0.0551 e. The quantitative estimate of drug-likeness (QED) is 0.643. The van der Waals surface area contributed by atoms with Crippen LogP contribution in [0.25, 0.3) is 0 Å². The van der Waals surface area contributed by atoms with Gasteiger partial charge in [-0.3, -0.25) is 0 Å². The average Bonchev–Trinajstić information content (AvgIpc) is 2.47. The molecular formula is C9H20N2O. The van der Waals surface area contributed by atoms with Gasteiger partial charge in [-0.1, -0.05) is 0 Å². The van der Waals surface area contributed by atoms with Crippen molar-refractivity contribution >= 4 is 0 Å². The minimum atomic E-state index is 0.431. The van der Waals surface area contributed by atoms with Crippen LogP contribution in [0.2, 0.25) is 0 Å². The van der Waals surface area contributed by atoms with Crippen molar-refractivity contribution in [1.29, 1.82) is 0 Å². The predicted molar refractivity (Wildman–Crippen MR) is 50.0 cm³/mol. The molecule has 0 aromatic heterocycles. The van der Waals surface area contributed by atoms with Gasteiger partial charge in [0, 0.05) is 19.1 Å². The molecule has 3 heteroatoms. The maximum atomic E-state index is 5.49. The second-order valence-corrected chi connectivity index (χ2v) is 3.79. The Kier molecular flexibility index (Phi) is 3.98. The molecule has 1 aliphatic rings. The summed E-state index contributed by atoms with van der Waals surface area (Å²) in [5.41, 5.74) is 5.49. The van der Waals surface area contributed by atoms with E-state index in [4.69, 9.17) is 10.5 Å². The lowest BCUT2D eigenvalue weighted by atomic mass is 10.1. The summed E-state index contributed by atoms with van der Waals surface area (Å²) in [7, 11) is 0. The third kappa shape index (κ3) is 3.09. The molecule has 0 saturated carbocycles. The van der Waals surface area contributed by atoms with Gasteiger partial charge < -0.3 is 15.8 Å².